The largest absolute Gasteiger partial charge is 0.448 e. The van der Waals surface area contributed by atoms with Gasteiger partial charge >= 0.3 is 5.97 Å². The number of amides is 1. The third-order valence-electron chi connectivity index (χ3n) is 4.75. The quantitative estimate of drug-likeness (QED) is 0.446. The van der Waals surface area contributed by atoms with Crippen molar-refractivity contribution in [2.75, 3.05) is 13.1 Å². The van der Waals surface area contributed by atoms with Gasteiger partial charge in [0.1, 0.15) is 11.6 Å². The summed E-state index contributed by atoms with van der Waals surface area (Å²) in [6, 6.07) is 3.86. The van der Waals surface area contributed by atoms with Gasteiger partial charge in [0, 0.05) is 31.0 Å². The van der Waals surface area contributed by atoms with E-state index in [2.05, 4.69) is 11.5 Å². The number of esters is 1. The third-order valence-corrected chi connectivity index (χ3v) is 4.75. The van der Waals surface area contributed by atoms with Crippen molar-refractivity contribution in [3.63, 3.8) is 0 Å². The molecule has 2 heterocycles. The second-order valence-electron chi connectivity index (χ2n) is 6.73. The topological polar surface area (TPSA) is 75.3 Å². The van der Waals surface area contributed by atoms with Crippen LogP contribution in [0.2, 0.25) is 0 Å². The molecule has 0 saturated carbocycles. The zero-order valence-corrected chi connectivity index (χ0v) is 16.0. The molecule has 1 unspecified atom stereocenters. The van der Waals surface area contributed by atoms with Crippen molar-refractivity contribution in [3.05, 3.63) is 28.6 Å². The summed E-state index contributed by atoms with van der Waals surface area (Å²) >= 11 is 0. The molecule has 6 nitrogen and oxygen atoms in total. The summed E-state index contributed by atoms with van der Waals surface area (Å²) < 4.78 is 7.40. The first-order chi connectivity index (χ1) is 12.4. The van der Waals surface area contributed by atoms with Gasteiger partial charge in [-0.1, -0.05) is 6.92 Å². The summed E-state index contributed by atoms with van der Waals surface area (Å²) in [4.78, 5) is 26.3. The number of hydrogen-bond acceptors (Lipinski definition) is 4. The van der Waals surface area contributed by atoms with Gasteiger partial charge in [-0.25, -0.2) is 4.79 Å². The molecule has 0 aliphatic carbocycles. The summed E-state index contributed by atoms with van der Waals surface area (Å²) in [5.74, 6) is -0.956. The van der Waals surface area contributed by atoms with Crippen molar-refractivity contribution in [1.29, 1.82) is 5.26 Å². The van der Waals surface area contributed by atoms with Crippen LogP contribution >= 0.6 is 0 Å². The maximum absolute atomic E-state index is 12.3. The lowest BCUT2D eigenvalue weighted by Crippen LogP contribution is -2.38. The Labute approximate surface area is 155 Å². The number of carbonyl (C=O) groups excluding carboxylic acids is 2. The van der Waals surface area contributed by atoms with Crippen LogP contribution in [-0.2, 0) is 20.9 Å². The number of aryl methyl sites for hydroxylation is 1. The van der Waals surface area contributed by atoms with E-state index in [-0.39, 0.29) is 11.5 Å². The van der Waals surface area contributed by atoms with Gasteiger partial charge in [0.2, 0.25) is 0 Å². The minimum atomic E-state index is -0.884. The van der Waals surface area contributed by atoms with E-state index in [0.717, 1.165) is 42.8 Å². The van der Waals surface area contributed by atoms with E-state index in [1.165, 1.54) is 0 Å². The molecular weight excluding hydrogens is 330 g/mol. The SMILES string of the molecule is CCCn1c(C)cc(/C=C(\C#N)C(=O)OC(C)C(=O)N2CCCC2)c1C. The van der Waals surface area contributed by atoms with Crippen LogP contribution in [0.15, 0.2) is 11.6 Å². The van der Waals surface area contributed by atoms with Gasteiger partial charge in [-0.3, -0.25) is 4.79 Å². The zero-order valence-electron chi connectivity index (χ0n) is 16.0. The van der Waals surface area contributed by atoms with Crippen molar-refractivity contribution in [2.45, 2.75) is 59.6 Å². The predicted octanol–water partition coefficient (Wildman–Crippen LogP) is 2.98. The van der Waals surface area contributed by atoms with E-state index < -0.39 is 12.1 Å². The number of nitrogens with zero attached hydrogens (tertiary/aromatic N) is 3. The molecule has 1 aromatic heterocycles. The number of rotatable bonds is 6. The molecule has 0 radical (unpaired) electrons. The Morgan fingerprint density at radius 3 is 2.58 bits per heavy atom. The molecular formula is C20H27N3O3. The van der Waals surface area contributed by atoms with Gasteiger partial charge in [0.05, 0.1) is 0 Å². The molecule has 1 saturated heterocycles. The van der Waals surface area contributed by atoms with E-state index in [0.29, 0.717) is 13.1 Å². The van der Waals surface area contributed by atoms with Crippen molar-refractivity contribution in [1.82, 2.24) is 9.47 Å². The van der Waals surface area contributed by atoms with E-state index >= 15 is 0 Å². The molecule has 1 aliphatic heterocycles. The Kier molecular flexibility index (Phi) is 6.62. The van der Waals surface area contributed by atoms with E-state index in [4.69, 9.17) is 4.74 Å². The number of carbonyl (C=O) groups is 2. The fourth-order valence-electron chi connectivity index (χ4n) is 3.30. The molecule has 26 heavy (non-hydrogen) atoms. The van der Waals surface area contributed by atoms with E-state index in [9.17, 15) is 14.9 Å². The Balaban J connectivity index is 2.13. The Hall–Kier alpha value is -2.55. The lowest BCUT2D eigenvalue weighted by molar-refractivity contribution is -0.155. The average molecular weight is 357 g/mol. The van der Waals surface area contributed by atoms with Crippen LogP contribution in [0, 0.1) is 25.2 Å². The minimum Gasteiger partial charge on any atom is -0.448 e. The molecule has 2 rings (SSSR count). The van der Waals surface area contributed by atoms with Gasteiger partial charge in [-0.2, -0.15) is 5.26 Å². The van der Waals surface area contributed by atoms with Crippen LogP contribution in [0.3, 0.4) is 0 Å². The maximum atomic E-state index is 12.3. The number of likely N-dealkylation sites (tertiary alicyclic amines) is 1. The summed E-state index contributed by atoms with van der Waals surface area (Å²) in [5, 5.41) is 9.37. The van der Waals surface area contributed by atoms with Crippen molar-refractivity contribution < 1.29 is 14.3 Å². The van der Waals surface area contributed by atoms with Gasteiger partial charge in [0.15, 0.2) is 6.10 Å². The lowest BCUT2D eigenvalue weighted by Gasteiger charge is -2.20. The molecule has 1 aromatic rings. The Bertz CT molecular complexity index is 749. The maximum Gasteiger partial charge on any atom is 0.349 e. The molecule has 1 fully saturated rings. The molecule has 0 bridgehead atoms. The molecule has 0 aromatic carbocycles. The number of nitriles is 1. The molecule has 6 heteroatoms. The Morgan fingerprint density at radius 1 is 1.35 bits per heavy atom. The van der Waals surface area contributed by atoms with E-state index in [1.54, 1.807) is 17.9 Å². The van der Waals surface area contributed by atoms with Crippen molar-refractivity contribution in [2.24, 2.45) is 0 Å². The highest BCUT2D eigenvalue weighted by molar-refractivity contribution is 5.99. The first-order valence-electron chi connectivity index (χ1n) is 9.17. The zero-order chi connectivity index (χ0) is 19.3. The van der Waals surface area contributed by atoms with Gasteiger partial charge in [0.25, 0.3) is 5.91 Å². The van der Waals surface area contributed by atoms with Gasteiger partial charge in [-0.15, -0.1) is 0 Å². The van der Waals surface area contributed by atoms with Crippen LogP contribution in [0.1, 0.15) is 50.1 Å². The highest BCUT2D eigenvalue weighted by Crippen LogP contribution is 2.19. The molecule has 1 aliphatic rings. The normalized spacial score (nSPS) is 15.7. The second kappa shape index (κ2) is 8.70. The van der Waals surface area contributed by atoms with Gasteiger partial charge in [-0.05, 0) is 57.7 Å². The monoisotopic (exact) mass is 357 g/mol. The van der Waals surface area contributed by atoms with Crippen LogP contribution in [0.5, 0.6) is 0 Å². The second-order valence-corrected chi connectivity index (χ2v) is 6.73. The number of aromatic nitrogens is 1. The van der Waals surface area contributed by atoms with Crippen LogP contribution in [0.4, 0.5) is 0 Å². The molecule has 1 amide bonds. The molecule has 0 N–H and O–H groups in total. The summed E-state index contributed by atoms with van der Waals surface area (Å²) in [5.41, 5.74) is 2.82. The fraction of sp³-hybridized carbons (Fsp3) is 0.550. The summed E-state index contributed by atoms with van der Waals surface area (Å²) in [6.45, 7) is 9.91. The molecule has 1 atom stereocenters. The Morgan fingerprint density at radius 2 is 2.00 bits per heavy atom. The van der Waals surface area contributed by atoms with Crippen molar-refractivity contribution >= 4 is 18.0 Å². The number of hydrogen-bond donors (Lipinski definition) is 0. The third kappa shape index (κ3) is 4.34. The summed E-state index contributed by atoms with van der Waals surface area (Å²) in [7, 11) is 0. The first-order valence-corrected chi connectivity index (χ1v) is 9.17. The van der Waals surface area contributed by atoms with Crippen LogP contribution in [0.25, 0.3) is 6.08 Å². The van der Waals surface area contributed by atoms with E-state index in [1.807, 2.05) is 26.0 Å². The average Bonchev–Trinajstić information content (AvgIpc) is 3.23. The summed E-state index contributed by atoms with van der Waals surface area (Å²) in [6.07, 6.45) is 3.61. The number of ether oxygens (including phenoxy) is 1. The first kappa shape index (κ1) is 19.8. The lowest BCUT2D eigenvalue weighted by atomic mass is 10.1. The standard InChI is InChI=1S/C20H27N3O3/c1-5-8-23-14(2)11-17(15(23)3)12-18(13-21)20(25)26-16(4)19(24)22-9-6-7-10-22/h11-12,16H,5-10H2,1-4H3/b18-12+. The molecule has 0 spiro atoms. The highest BCUT2D eigenvalue weighted by atomic mass is 16.5. The highest BCUT2D eigenvalue weighted by Gasteiger charge is 2.27. The van der Waals surface area contributed by atoms with Crippen LogP contribution < -0.4 is 0 Å². The smallest absolute Gasteiger partial charge is 0.349 e. The predicted molar refractivity (Wildman–Crippen MR) is 99.2 cm³/mol. The minimum absolute atomic E-state index is 0.0946. The van der Waals surface area contributed by atoms with Crippen molar-refractivity contribution in [3.8, 4) is 6.07 Å². The van der Waals surface area contributed by atoms with Crippen LogP contribution in [-0.4, -0.2) is 40.5 Å². The molecule has 140 valence electrons. The fourth-order valence-corrected chi connectivity index (χ4v) is 3.30. The van der Waals surface area contributed by atoms with Gasteiger partial charge < -0.3 is 14.2 Å².